The average molecular weight is 592 g/mol. The number of thioether (sulfide) groups is 1. The molecule has 0 amide bonds. The Morgan fingerprint density at radius 3 is 2.64 bits per heavy atom. The van der Waals surface area contributed by atoms with Crippen LogP contribution in [-0.4, -0.2) is 21.1 Å². The number of halogens is 6. The Morgan fingerprint density at radius 1 is 1.17 bits per heavy atom. The monoisotopic (exact) mass is 590 g/mol. The van der Waals surface area contributed by atoms with Gasteiger partial charge in [-0.2, -0.15) is 13.2 Å². The van der Waals surface area contributed by atoms with Crippen LogP contribution in [0.3, 0.4) is 0 Å². The van der Waals surface area contributed by atoms with E-state index >= 15 is 0 Å². The molecule has 13 heteroatoms. The molecule has 0 N–H and O–H groups in total. The van der Waals surface area contributed by atoms with Crippen LogP contribution in [0.5, 0.6) is 0 Å². The Hall–Kier alpha value is -1.98. The summed E-state index contributed by atoms with van der Waals surface area (Å²) in [6.45, 7) is 0.839. The summed E-state index contributed by atoms with van der Waals surface area (Å²) in [6, 6.07) is 6.16. The maximum absolute atomic E-state index is 13.3. The number of benzene rings is 1. The molecule has 5 nitrogen and oxygen atoms in total. The van der Waals surface area contributed by atoms with Crippen LogP contribution < -0.4 is 10.5 Å². The highest BCUT2D eigenvalue weighted by Gasteiger charge is 2.33. The number of pyridine rings is 1. The number of aromatic nitrogens is 3. The van der Waals surface area contributed by atoms with Gasteiger partial charge in [-0.3, -0.25) is 9.36 Å². The van der Waals surface area contributed by atoms with Crippen molar-refractivity contribution in [2.24, 2.45) is 7.05 Å². The van der Waals surface area contributed by atoms with Gasteiger partial charge in [0.25, 0.3) is 5.56 Å². The van der Waals surface area contributed by atoms with Gasteiger partial charge >= 0.3 is 6.18 Å². The van der Waals surface area contributed by atoms with Gasteiger partial charge in [0.05, 0.1) is 22.5 Å². The first kappa shape index (κ1) is 25.7. The van der Waals surface area contributed by atoms with Crippen molar-refractivity contribution in [1.82, 2.24) is 14.5 Å². The maximum Gasteiger partial charge on any atom is 0.417 e. The molecule has 188 valence electrons. The molecule has 0 saturated carbocycles. The molecule has 0 saturated heterocycles. The summed E-state index contributed by atoms with van der Waals surface area (Å²) in [4.78, 5) is 25.4. The second-order valence-electron chi connectivity index (χ2n) is 8.17. The summed E-state index contributed by atoms with van der Waals surface area (Å²) in [5.74, 6) is 0.795. The predicted octanol–water partition coefficient (Wildman–Crippen LogP) is 7.22. The lowest BCUT2D eigenvalue weighted by molar-refractivity contribution is -0.137. The Bertz CT molecular complexity index is 1550. The SMILES string of the molecule is Cn1c(SCc2ccc(Cl)cc2Cl)nc2sc3c(c2c1=O)CCN(c1ncc(C(F)(F)F)cc1Cl)C3. The van der Waals surface area contributed by atoms with Gasteiger partial charge in [0.15, 0.2) is 5.16 Å². The molecule has 0 radical (unpaired) electrons. The summed E-state index contributed by atoms with van der Waals surface area (Å²) in [5, 5.41) is 2.16. The second kappa shape index (κ2) is 9.72. The fraction of sp³-hybridized carbons (Fsp3) is 0.261. The molecule has 0 unspecified atom stereocenters. The van der Waals surface area contributed by atoms with Gasteiger partial charge in [0.1, 0.15) is 10.6 Å². The van der Waals surface area contributed by atoms with Gasteiger partial charge in [0, 0.05) is 40.5 Å². The van der Waals surface area contributed by atoms with E-state index in [2.05, 4.69) is 4.98 Å². The zero-order valence-corrected chi connectivity index (χ0v) is 22.4. The van der Waals surface area contributed by atoms with Crippen LogP contribution >= 0.6 is 57.9 Å². The normalized spacial score (nSPS) is 13.9. The fourth-order valence-electron chi connectivity index (χ4n) is 4.01. The molecule has 0 aliphatic carbocycles. The van der Waals surface area contributed by atoms with Crippen molar-refractivity contribution >= 4 is 73.9 Å². The van der Waals surface area contributed by atoms with Crippen LogP contribution in [0.25, 0.3) is 10.2 Å². The van der Waals surface area contributed by atoms with E-state index in [1.54, 1.807) is 19.2 Å². The lowest BCUT2D eigenvalue weighted by atomic mass is 10.1. The van der Waals surface area contributed by atoms with Gasteiger partial charge in [-0.05, 0) is 35.7 Å². The Balaban J connectivity index is 1.43. The maximum atomic E-state index is 13.3. The van der Waals surface area contributed by atoms with Crippen molar-refractivity contribution in [2.75, 3.05) is 11.4 Å². The highest BCUT2D eigenvalue weighted by atomic mass is 35.5. The lowest BCUT2D eigenvalue weighted by Crippen LogP contribution is -2.31. The van der Waals surface area contributed by atoms with Gasteiger partial charge < -0.3 is 4.90 Å². The standard InChI is InChI=1S/C23H16Cl3F3N4OS2/c1-32-21(34)18-14-4-5-33(19-16(26)6-12(8-30-19)23(27,28)29)9-17(14)36-20(18)31-22(32)35-10-11-2-3-13(24)7-15(11)25/h2-3,6-8H,4-5,9-10H2,1H3. The van der Waals surface area contributed by atoms with E-state index in [-0.39, 0.29) is 16.4 Å². The number of anilines is 1. The number of thiophene rings is 1. The van der Waals surface area contributed by atoms with Gasteiger partial charge in [-0.15, -0.1) is 11.3 Å². The molecule has 4 aromatic rings. The molecule has 0 fully saturated rings. The van der Waals surface area contributed by atoms with Crippen molar-refractivity contribution in [2.45, 2.75) is 30.1 Å². The van der Waals surface area contributed by atoms with Crippen LogP contribution in [0.2, 0.25) is 15.1 Å². The quantitative estimate of drug-likeness (QED) is 0.185. The summed E-state index contributed by atoms with van der Waals surface area (Å²) >= 11 is 21.2. The Morgan fingerprint density at radius 2 is 1.94 bits per heavy atom. The summed E-state index contributed by atoms with van der Waals surface area (Å²) in [7, 11) is 1.69. The van der Waals surface area contributed by atoms with Crippen LogP contribution in [-0.2, 0) is 31.9 Å². The molecular weight excluding hydrogens is 576 g/mol. The third-order valence-electron chi connectivity index (χ3n) is 5.86. The average Bonchev–Trinajstić information content (AvgIpc) is 3.18. The number of nitrogens with zero attached hydrogens (tertiary/aromatic N) is 4. The van der Waals surface area contributed by atoms with E-state index in [1.165, 1.54) is 27.7 Å². The van der Waals surface area contributed by atoms with Crippen LogP contribution in [0.15, 0.2) is 40.4 Å². The number of hydrogen-bond donors (Lipinski definition) is 0. The second-order valence-corrected chi connectivity index (χ2v) is 11.4. The largest absolute Gasteiger partial charge is 0.417 e. The van der Waals surface area contributed by atoms with Crippen molar-refractivity contribution < 1.29 is 13.2 Å². The first-order chi connectivity index (χ1) is 17.0. The highest BCUT2D eigenvalue weighted by molar-refractivity contribution is 7.98. The topological polar surface area (TPSA) is 51.0 Å². The Kier molecular flexibility index (Phi) is 6.93. The van der Waals surface area contributed by atoms with E-state index in [0.29, 0.717) is 50.7 Å². The lowest BCUT2D eigenvalue weighted by Gasteiger charge is -2.28. The zero-order valence-electron chi connectivity index (χ0n) is 18.5. The van der Waals surface area contributed by atoms with Crippen LogP contribution in [0, 0.1) is 0 Å². The Labute approximate surface area is 226 Å². The molecule has 1 aromatic carbocycles. The molecule has 0 bridgehead atoms. The van der Waals surface area contributed by atoms with E-state index in [0.717, 1.165) is 28.3 Å². The molecule has 4 heterocycles. The van der Waals surface area contributed by atoms with Crippen molar-refractivity contribution in [3.8, 4) is 0 Å². The molecule has 0 atom stereocenters. The van der Waals surface area contributed by atoms with E-state index in [4.69, 9.17) is 39.8 Å². The molecule has 0 spiro atoms. The van der Waals surface area contributed by atoms with E-state index < -0.39 is 11.7 Å². The molecule has 1 aliphatic rings. The first-order valence-corrected chi connectivity index (χ1v) is 13.5. The van der Waals surface area contributed by atoms with Crippen molar-refractivity contribution in [3.63, 3.8) is 0 Å². The minimum atomic E-state index is -4.52. The third-order valence-corrected chi connectivity index (χ3v) is 8.92. The van der Waals surface area contributed by atoms with E-state index in [1.807, 2.05) is 11.0 Å². The first-order valence-electron chi connectivity index (χ1n) is 10.6. The minimum absolute atomic E-state index is 0.0667. The molecule has 1 aliphatic heterocycles. The summed E-state index contributed by atoms with van der Waals surface area (Å²) < 4.78 is 40.5. The predicted molar refractivity (Wildman–Crippen MR) is 140 cm³/mol. The number of rotatable bonds is 4. The number of fused-ring (bicyclic) bond motifs is 3. The minimum Gasteiger partial charge on any atom is -0.350 e. The summed E-state index contributed by atoms with van der Waals surface area (Å²) in [6.07, 6.45) is -3.20. The van der Waals surface area contributed by atoms with Gasteiger partial charge in [-0.1, -0.05) is 52.6 Å². The van der Waals surface area contributed by atoms with Crippen LogP contribution in [0.1, 0.15) is 21.6 Å². The molecular formula is C23H16Cl3F3N4OS2. The van der Waals surface area contributed by atoms with Gasteiger partial charge in [0.2, 0.25) is 0 Å². The van der Waals surface area contributed by atoms with Crippen LogP contribution in [0.4, 0.5) is 19.0 Å². The highest BCUT2D eigenvalue weighted by Crippen LogP contribution is 2.38. The fourth-order valence-corrected chi connectivity index (χ4v) is 7.11. The van der Waals surface area contributed by atoms with Crippen molar-refractivity contribution in [1.29, 1.82) is 0 Å². The third kappa shape index (κ3) is 4.81. The van der Waals surface area contributed by atoms with Gasteiger partial charge in [-0.25, -0.2) is 9.97 Å². The van der Waals surface area contributed by atoms with Crippen molar-refractivity contribution in [3.05, 3.63) is 77.5 Å². The molecule has 5 rings (SSSR count). The summed E-state index contributed by atoms with van der Waals surface area (Å²) in [5.41, 5.74) is 0.761. The number of alkyl halides is 3. The van der Waals surface area contributed by atoms with E-state index in [9.17, 15) is 18.0 Å². The molecule has 3 aromatic heterocycles. The molecule has 36 heavy (non-hydrogen) atoms. The smallest absolute Gasteiger partial charge is 0.350 e. The number of hydrogen-bond acceptors (Lipinski definition) is 6. The zero-order chi connectivity index (χ0) is 25.8.